The van der Waals surface area contributed by atoms with Crippen molar-refractivity contribution in [3.63, 3.8) is 0 Å². The Balaban J connectivity index is 2.36. The molecule has 0 heterocycles. The fraction of sp³-hybridized carbons (Fsp3) is 0.533. The topological polar surface area (TPSA) is 55.1 Å². The minimum Gasteiger partial charge on any atom is -0.368 e. The van der Waals surface area contributed by atoms with Crippen molar-refractivity contribution in [1.82, 2.24) is 5.32 Å². The zero-order chi connectivity index (χ0) is 14.3. The molecule has 1 aromatic carbocycles. The van der Waals surface area contributed by atoms with E-state index in [0.717, 1.165) is 25.1 Å². The summed E-state index contributed by atoms with van der Waals surface area (Å²) in [6, 6.07) is 8.51. The molecule has 0 bridgehead atoms. The molecule has 0 aliphatic rings. The second kappa shape index (κ2) is 7.56. The van der Waals surface area contributed by atoms with Gasteiger partial charge >= 0.3 is 0 Å². The Kier molecular flexibility index (Phi) is 6.38. The molecule has 1 rings (SSSR count). The number of carbonyl (C=O) groups excluding carboxylic acids is 1. The summed E-state index contributed by atoms with van der Waals surface area (Å²) in [5.41, 5.74) is 6.15. The molecule has 3 nitrogen and oxygen atoms in total. The van der Waals surface area contributed by atoms with E-state index in [9.17, 15) is 4.79 Å². The third kappa shape index (κ3) is 5.25. The van der Waals surface area contributed by atoms with Crippen molar-refractivity contribution in [3.05, 3.63) is 29.8 Å². The van der Waals surface area contributed by atoms with Gasteiger partial charge in [-0.05, 0) is 51.1 Å². The van der Waals surface area contributed by atoms with Gasteiger partial charge in [-0.3, -0.25) is 4.79 Å². The van der Waals surface area contributed by atoms with Gasteiger partial charge in [-0.25, -0.2) is 0 Å². The van der Waals surface area contributed by atoms with Crippen LogP contribution in [0.3, 0.4) is 0 Å². The van der Waals surface area contributed by atoms with Crippen LogP contribution >= 0.6 is 11.8 Å². The van der Waals surface area contributed by atoms with Crippen molar-refractivity contribution in [2.24, 2.45) is 5.73 Å². The number of benzene rings is 1. The summed E-state index contributed by atoms with van der Waals surface area (Å²) in [5.74, 6) is 0.729. The number of amides is 1. The molecule has 1 amide bonds. The van der Waals surface area contributed by atoms with Crippen LogP contribution < -0.4 is 11.1 Å². The number of aryl methyl sites for hydroxylation is 1. The summed E-state index contributed by atoms with van der Waals surface area (Å²) < 4.78 is 0. The highest BCUT2D eigenvalue weighted by molar-refractivity contribution is 7.99. The lowest BCUT2D eigenvalue weighted by molar-refractivity contribution is -0.124. The molecule has 0 aliphatic carbocycles. The van der Waals surface area contributed by atoms with Crippen LogP contribution in [-0.4, -0.2) is 23.7 Å². The quantitative estimate of drug-likeness (QED) is 0.568. The fourth-order valence-electron chi connectivity index (χ4n) is 1.94. The smallest absolute Gasteiger partial charge is 0.237 e. The summed E-state index contributed by atoms with van der Waals surface area (Å²) in [6.45, 7) is 6.71. The lowest BCUT2D eigenvalue weighted by atomic mass is 9.95. The first kappa shape index (κ1) is 16.1. The standard InChI is InChI=1S/C15H24N2OS/c1-4-17-15(3,14(16)18)10-5-11-19-13-8-6-12(2)7-9-13/h6-9,17H,4-5,10-11H2,1-3H3,(H2,16,18). The molecule has 3 N–H and O–H groups in total. The third-order valence-corrected chi connectivity index (χ3v) is 4.32. The van der Waals surface area contributed by atoms with Gasteiger partial charge < -0.3 is 11.1 Å². The van der Waals surface area contributed by atoms with Gasteiger partial charge in [-0.1, -0.05) is 24.6 Å². The van der Waals surface area contributed by atoms with Crippen molar-refractivity contribution in [1.29, 1.82) is 0 Å². The van der Waals surface area contributed by atoms with Gasteiger partial charge in [0.2, 0.25) is 5.91 Å². The Hall–Kier alpha value is -1.00. The van der Waals surface area contributed by atoms with E-state index < -0.39 is 5.54 Å². The van der Waals surface area contributed by atoms with Crippen molar-refractivity contribution in [2.75, 3.05) is 12.3 Å². The number of hydrogen-bond acceptors (Lipinski definition) is 3. The average Bonchev–Trinajstić information content (AvgIpc) is 2.37. The number of rotatable bonds is 8. The molecule has 0 spiro atoms. The van der Waals surface area contributed by atoms with E-state index in [1.165, 1.54) is 10.5 Å². The maximum Gasteiger partial charge on any atom is 0.237 e. The summed E-state index contributed by atoms with van der Waals surface area (Å²) in [6.07, 6.45) is 1.74. The Morgan fingerprint density at radius 1 is 1.37 bits per heavy atom. The van der Waals surface area contributed by atoms with Gasteiger partial charge in [-0.15, -0.1) is 11.8 Å². The molecular formula is C15H24N2OS. The molecule has 0 aliphatic heterocycles. The highest BCUT2D eigenvalue weighted by atomic mass is 32.2. The van der Waals surface area contributed by atoms with Crippen molar-refractivity contribution in [3.8, 4) is 0 Å². The Bertz CT molecular complexity index is 405. The van der Waals surface area contributed by atoms with Crippen LogP contribution in [-0.2, 0) is 4.79 Å². The lowest BCUT2D eigenvalue weighted by Gasteiger charge is -2.26. The van der Waals surface area contributed by atoms with Crippen LogP contribution in [0.25, 0.3) is 0 Å². The fourth-order valence-corrected chi connectivity index (χ4v) is 2.79. The van der Waals surface area contributed by atoms with E-state index in [4.69, 9.17) is 5.73 Å². The molecule has 0 saturated carbocycles. The zero-order valence-corrected chi connectivity index (χ0v) is 12.8. The number of thioether (sulfide) groups is 1. The molecule has 19 heavy (non-hydrogen) atoms. The predicted molar refractivity (Wildman–Crippen MR) is 82.4 cm³/mol. The maximum absolute atomic E-state index is 11.5. The maximum atomic E-state index is 11.5. The number of hydrogen-bond donors (Lipinski definition) is 2. The number of carbonyl (C=O) groups is 1. The third-order valence-electron chi connectivity index (χ3n) is 3.22. The highest BCUT2D eigenvalue weighted by Gasteiger charge is 2.28. The van der Waals surface area contributed by atoms with E-state index in [1.54, 1.807) is 0 Å². The second-order valence-electron chi connectivity index (χ2n) is 4.99. The monoisotopic (exact) mass is 280 g/mol. The number of nitrogens with two attached hydrogens (primary N) is 1. The Morgan fingerprint density at radius 2 is 2.00 bits per heavy atom. The van der Waals surface area contributed by atoms with Crippen LogP contribution in [0.15, 0.2) is 29.2 Å². The minimum absolute atomic E-state index is 0.269. The van der Waals surface area contributed by atoms with Gasteiger partial charge in [-0.2, -0.15) is 0 Å². The first-order valence-electron chi connectivity index (χ1n) is 6.72. The summed E-state index contributed by atoms with van der Waals surface area (Å²) in [4.78, 5) is 12.7. The van der Waals surface area contributed by atoms with E-state index in [-0.39, 0.29) is 5.91 Å². The number of likely N-dealkylation sites (N-methyl/N-ethyl adjacent to an activating group) is 1. The second-order valence-corrected chi connectivity index (χ2v) is 6.16. The van der Waals surface area contributed by atoms with E-state index in [0.29, 0.717) is 0 Å². The Morgan fingerprint density at radius 3 is 2.53 bits per heavy atom. The Labute approximate surface area is 120 Å². The largest absolute Gasteiger partial charge is 0.368 e. The normalized spacial score (nSPS) is 14.1. The number of primary amides is 1. The highest BCUT2D eigenvalue weighted by Crippen LogP contribution is 2.21. The number of nitrogens with one attached hydrogen (secondary N) is 1. The van der Waals surface area contributed by atoms with Crippen molar-refractivity contribution in [2.45, 2.75) is 44.0 Å². The van der Waals surface area contributed by atoms with Crippen molar-refractivity contribution >= 4 is 17.7 Å². The van der Waals surface area contributed by atoms with Crippen LogP contribution in [0.1, 0.15) is 32.3 Å². The van der Waals surface area contributed by atoms with Gasteiger partial charge in [0.05, 0.1) is 5.54 Å². The van der Waals surface area contributed by atoms with E-state index in [1.807, 2.05) is 25.6 Å². The minimum atomic E-state index is -0.581. The van der Waals surface area contributed by atoms with Gasteiger partial charge in [0.15, 0.2) is 0 Å². The molecule has 106 valence electrons. The molecule has 0 radical (unpaired) electrons. The van der Waals surface area contributed by atoms with Gasteiger partial charge in [0, 0.05) is 4.90 Å². The molecule has 0 fully saturated rings. The molecule has 4 heteroatoms. The van der Waals surface area contributed by atoms with Crippen LogP contribution in [0.2, 0.25) is 0 Å². The van der Waals surface area contributed by atoms with E-state index >= 15 is 0 Å². The molecule has 1 atom stereocenters. The first-order chi connectivity index (χ1) is 8.98. The van der Waals surface area contributed by atoms with Gasteiger partial charge in [0.1, 0.15) is 0 Å². The summed E-state index contributed by atoms with van der Waals surface area (Å²) >= 11 is 1.82. The van der Waals surface area contributed by atoms with E-state index in [2.05, 4.69) is 36.5 Å². The predicted octanol–water partition coefficient (Wildman–Crippen LogP) is 2.72. The van der Waals surface area contributed by atoms with Crippen LogP contribution in [0.5, 0.6) is 0 Å². The van der Waals surface area contributed by atoms with Crippen molar-refractivity contribution < 1.29 is 4.79 Å². The zero-order valence-electron chi connectivity index (χ0n) is 12.0. The SMILES string of the molecule is CCNC(C)(CCCSc1ccc(C)cc1)C(N)=O. The molecule has 0 saturated heterocycles. The van der Waals surface area contributed by atoms with Gasteiger partial charge in [0.25, 0.3) is 0 Å². The van der Waals surface area contributed by atoms with Crippen LogP contribution in [0.4, 0.5) is 0 Å². The lowest BCUT2D eigenvalue weighted by Crippen LogP contribution is -2.53. The van der Waals surface area contributed by atoms with Crippen LogP contribution in [0, 0.1) is 6.92 Å². The summed E-state index contributed by atoms with van der Waals surface area (Å²) in [7, 11) is 0. The average molecular weight is 280 g/mol. The molecular weight excluding hydrogens is 256 g/mol. The molecule has 1 aromatic rings. The summed E-state index contributed by atoms with van der Waals surface area (Å²) in [5, 5.41) is 3.18. The molecule has 1 unspecified atom stereocenters. The molecule has 0 aromatic heterocycles. The first-order valence-corrected chi connectivity index (χ1v) is 7.71.